The van der Waals surface area contributed by atoms with Gasteiger partial charge >= 0.3 is 0 Å². The second kappa shape index (κ2) is 7.03. The van der Waals surface area contributed by atoms with Crippen LogP contribution in [0.25, 0.3) is 0 Å². The zero-order valence-electron chi connectivity index (χ0n) is 15.1. The van der Waals surface area contributed by atoms with Gasteiger partial charge in [0.15, 0.2) is 0 Å². The molecule has 7 nitrogen and oxygen atoms in total. The number of aliphatic hydroxyl groups excluding tert-OH is 2. The smallest absolute Gasteiger partial charge is 0.233 e. The molecule has 7 heteroatoms. The van der Waals surface area contributed by atoms with E-state index in [1.54, 1.807) is 6.92 Å². The van der Waals surface area contributed by atoms with E-state index in [4.69, 9.17) is 4.84 Å². The number of carbonyl (C=O) groups excluding carboxylic acids is 2. The number of aliphatic hydroxyl groups is 2. The Morgan fingerprint density at radius 1 is 1.20 bits per heavy atom. The first-order valence-electron chi connectivity index (χ1n) is 9.26. The molecule has 3 rings (SSSR count). The third-order valence-electron chi connectivity index (χ3n) is 5.78. The van der Waals surface area contributed by atoms with Crippen molar-refractivity contribution in [2.75, 3.05) is 13.2 Å². The van der Waals surface area contributed by atoms with Crippen LogP contribution in [0.5, 0.6) is 0 Å². The number of hydrogen-bond donors (Lipinski definition) is 2. The molecular weight excluding hydrogens is 324 g/mol. The Labute approximate surface area is 148 Å². The lowest BCUT2D eigenvalue weighted by Crippen LogP contribution is -2.54. The highest BCUT2D eigenvalue weighted by molar-refractivity contribution is 6.06. The normalized spacial score (nSPS) is 39.8. The fraction of sp³-hybridized carbons (Fsp3) is 0.833. The number of oxime groups is 1. The van der Waals surface area contributed by atoms with Gasteiger partial charge in [0.2, 0.25) is 11.8 Å². The Balaban J connectivity index is 1.88. The zero-order chi connectivity index (χ0) is 18.3. The summed E-state index contributed by atoms with van der Waals surface area (Å²) in [5, 5.41) is 25.1. The molecule has 2 aliphatic carbocycles. The summed E-state index contributed by atoms with van der Waals surface area (Å²) in [6.45, 7) is 6.65. The topological polar surface area (TPSA) is 99.4 Å². The summed E-state index contributed by atoms with van der Waals surface area (Å²) >= 11 is 0. The number of fused-ring (bicyclic) bond motifs is 3. The molecule has 0 spiro atoms. The molecule has 2 N–H and O–H groups in total. The van der Waals surface area contributed by atoms with Crippen molar-refractivity contribution >= 4 is 17.5 Å². The lowest BCUT2D eigenvalue weighted by Gasteiger charge is -2.45. The van der Waals surface area contributed by atoms with E-state index in [1.807, 2.05) is 13.8 Å². The van der Waals surface area contributed by atoms with Crippen LogP contribution >= 0.6 is 0 Å². The first-order chi connectivity index (χ1) is 11.9. The van der Waals surface area contributed by atoms with Crippen molar-refractivity contribution in [2.24, 2.45) is 34.7 Å². The predicted molar refractivity (Wildman–Crippen MR) is 90.4 cm³/mol. The van der Waals surface area contributed by atoms with Crippen LogP contribution < -0.4 is 0 Å². The fourth-order valence-electron chi connectivity index (χ4n) is 4.62. The average Bonchev–Trinajstić information content (AvgIpc) is 2.82. The lowest BCUT2D eigenvalue weighted by atomic mass is 9.60. The van der Waals surface area contributed by atoms with E-state index in [0.29, 0.717) is 37.6 Å². The molecule has 6 atom stereocenters. The van der Waals surface area contributed by atoms with Crippen LogP contribution in [0.2, 0.25) is 0 Å². The molecule has 140 valence electrons. The molecule has 0 bridgehead atoms. The van der Waals surface area contributed by atoms with E-state index in [9.17, 15) is 19.8 Å². The highest BCUT2D eigenvalue weighted by atomic mass is 16.6. The minimum absolute atomic E-state index is 0.125. The van der Waals surface area contributed by atoms with Crippen LogP contribution in [0.1, 0.15) is 40.0 Å². The molecule has 25 heavy (non-hydrogen) atoms. The second-order valence-electron chi connectivity index (χ2n) is 7.85. The molecule has 0 radical (unpaired) electrons. The average molecular weight is 352 g/mol. The predicted octanol–water partition coefficient (Wildman–Crippen LogP) is 0.788. The quantitative estimate of drug-likeness (QED) is 0.576. The lowest BCUT2D eigenvalue weighted by molar-refractivity contribution is -0.141. The van der Waals surface area contributed by atoms with Crippen molar-refractivity contribution in [1.82, 2.24) is 4.90 Å². The Kier molecular flexibility index (Phi) is 5.16. The van der Waals surface area contributed by atoms with Gasteiger partial charge in [-0.2, -0.15) is 0 Å². The minimum Gasteiger partial charge on any atom is -0.396 e. The first kappa shape index (κ1) is 18.3. The van der Waals surface area contributed by atoms with E-state index in [2.05, 4.69) is 5.16 Å². The van der Waals surface area contributed by atoms with Crippen LogP contribution in [-0.4, -0.2) is 58.0 Å². The Bertz CT molecular complexity index is 576. The van der Waals surface area contributed by atoms with E-state index in [1.165, 1.54) is 4.90 Å². The molecule has 3 aliphatic rings. The number of rotatable bonds is 4. The summed E-state index contributed by atoms with van der Waals surface area (Å²) in [7, 11) is 0. The number of amides is 2. The zero-order valence-corrected chi connectivity index (χ0v) is 15.1. The van der Waals surface area contributed by atoms with Crippen molar-refractivity contribution in [2.45, 2.75) is 52.2 Å². The van der Waals surface area contributed by atoms with Crippen molar-refractivity contribution in [1.29, 1.82) is 0 Å². The van der Waals surface area contributed by atoms with Gasteiger partial charge in [-0.25, -0.2) is 0 Å². The van der Waals surface area contributed by atoms with Gasteiger partial charge < -0.3 is 15.1 Å². The summed E-state index contributed by atoms with van der Waals surface area (Å²) in [4.78, 5) is 31.9. The second-order valence-corrected chi connectivity index (χ2v) is 7.85. The monoisotopic (exact) mass is 352 g/mol. The number of nitrogens with zero attached hydrogens (tertiary/aromatic N) is 2. The molecule has 0 unspecified atom stereocenters. The van der Waals surface area contributed by atoms with Crippen molar-refractivity contribution < 1.29 is 24.6 Å². The van der Waals surface area contributed by atoms with Gasteiger partial charge in [-0.3, -0.25) is 14.5 Å². The molecule has 2 amide bonds. The first-order valence-corrected chi connectivity index (χ1v) is 9.26. The van der Waals surface area contributed by atoms with E-state index in [-0.39, 0.29) is 30.1 Å². The minimum atomic E-state index is -1.02. The number of hydrogen-bond acceptors (Lipinski definition) is 6. The summed E-state index contributed by atoms with van der Waals surface area (Å²) in [6, 6.07) is 0. The van der Waals surface area contributed by atoms with Gasteiger partial charge in [-0.05, 0) is 25.7 Å². The third-order valence-corrected chi connectivity index (χ3v) is 5.78. The SMILES string of the molecule is CCN1C(=O)[C@H]2[C@H]3[C@H](O)[C@H](O)C/C(=N\OCC(C)C)[C@@H]3CC[C@H]2C1=O. The number of carbonyl (C=O) groups is 2. The molecule has 1 aliphatic heterocycles. The van der Waals surface area contributed by atoms with Crippen LogP contribution in [-0.2, 0) is 14.4 Å². The maximum Gasteiger partial charge on any atom is 0.233 e. The van der Waals surface area contributed by atoms with E-state index >= 15 is 0 Å². The van der Waals surface area contributed by atoms with Gasteiger partial charge in [-0.1, -0.05) is 19.0 Å². The summed E-state index contributed by atoms with van der Waals surface area (Å²) in [6.07, 6.45) is -0.470. The molecule has 1 saturated heterocycles. The molecule has 1 heterocycles. The van der Waals surface area contributed by atoms with Crippen molar-refractivity contribution in [3.05, 3.63) is 0 Å². The Hall–Kier alpha value is -1.47. The van der Waals surface area contributed by atoms with Crippen LogP contribution in [0.4, 0.5) is 0 Å². The molecular formula is C18H28N2O5. The van der Waals surface area contributed by atoms with Crippen molar-refractivity contribution in [3.63, 3.8) is 0 Å². The van der Waals surface area contributed by atoms with Crippen LogP contribution in [0.15, 0.2) is 5.16 Å². The van der Waals surface area contributed by atoms with Gasteiger partial charge in [0.1, 0.15) is 6.61 Å². The highest BCUT2D eigenvalue weighted by Crippen LogP contribution is 2.49. The summed E-state index contributed by atoms with van der Waals surface area (Å²) < 4.78 is 0. The van der Waals surface area contributed by atoms with Gasteiger partial charge in [0.25, 0.3) is 0 Å². The number of imide groups is 1. The van der Waals surface area contributed by atoms with E-state index in [0.717, 1.165) is 0 Å². The summed E-state index contributed by atoms with van der Waals surface area (Å²) in [5.41, 5.74) is 0.706. The standard InChI is InChI=1S/C18H28N2O5/c1-4-20-17(23)11-6-5-10-12(19-25-8-9(2)3)7-13(21)16(22)14(10)15(11)18(20)24/h9-11,13-16,21-22H,4-8H2,1-3H3/b19-12+/t10-,11+,13+,14-,15+,16+/m0/s1. The Morgan fingerprint density at radius 3 is 2.52 bits per heavy atom. The van der Waals surface area contributed by atoms with Gasteiger partial charge in [0, 0.05) is 24.8 Å². The number of likely N-dealkylation sites (tertiary alicyclic amines) is 1. The fourth-order valence-corrected chi connectivity index (χ4v) is 4.62. The molecule has 0 aromatic heterocycles. The van der Waals surface area contributed by atoms with Gasteiger partial charge in [-0.15, -0.1) is 0 Å². The van der Waals surface area contributed by atoms with Crippen LogP contribution in [0, 0.1) is 29.6 Å². The molecule has 3 fully saturated rings. The van der Waals surface area contributed by atoms with Crippen molar-refractivity contribution in [3.8, 4) is 0 Å². The molecule has 0 aromatic carbocycles. The molecule has 0 aromatic rings. The van der Waals surface area contributed by atoms with Gasteiger partial charge in [0.05, 0.1) is 29.8 Å². The Morgan fingerprint density at radius 2 is 1.88 bits per heavy atom. The summed E-state index contributed by atoms with van der Waals surface area (Å²) in [5.74, 6) is -1.57. The maximum absolute atomic E-state index is 12.7. The van der Waals surface area contributed by atoms with E-state index < -0.39 is 24.0 Å². The maximum atomic E-state index is 12.7. The molecule has 2 saturated carbocycles. The highest BCUT2D eigenvalue weighted by Gasteiger charge is 2.59. The largest absolute Gasteiger partial charge is 0.396 e. The third kappa shape index (κ3) is 3.08. The van der Waals surface area contributed by atoms with Crippen LogP contribution in [0.3, 0.4) is 0 Å².